The van der Waals surface area contributed by atoms with Gasteiger partial charge in [-0.05, 0) is 64.5 Å². The average Bonchev–Trinajstić information content (AvgIpc) is 2.96. The standard InChI is InChI=1S/C16H32N2O/c1-3-9-17-14(2)15-6-4-10-18(13-15)11-8-16-7-5-12-19-16/h14-17H,3-13H2,1-2H3. The number of likely N-dealkylation sites (tertiary alicyclic amines) is 1. The summed E-state index contributed by atoms with van der Waals surface area (Å²) >= 11 is 0. The number of piperidine rings is 1. The van der Waals surface area contributed by atoms with E-state index in [9.17, 15) is 0 Å². The molecule has 0 spiro atoms. The summed E-state index contributed by atoms with van der Waals surface area (Å²) in [6, 6.07) is 0.672. The molecule has 2 rings (SSSR count). The molecule has 3 nitrogen and oxygen atoms in total. The lowest BCUT2D eigenvalue weighted by molar-refractivity contribution is 0.0799. The molecule has 1 N–H and O–H groups in total. The van der Waals surface area contributed by atoms with Crippen LogP contribution < -0.4 is 5.32 Å². The summed E-state index contributed by atoms with van der Waals surface area (Å²) in [4.78, 5) is 2.67. The van der Waals surface area contributed by atoms with Crippen molar-refractivity contribution in [2.45, 2.75) is 64.5 Å². The number of rotatable bonds is 7. The topological polar surface area (TPSA) is 24.5 Å². The molecule has 0 aromatic carbocycles. The van der Waals surface area contributed by atoms with E-state index in [1.807, 2.05) is 0 Å². The maximum Gasteiger partial charge on any atom is 0.0588 e. The highest BCUT2D eigenvalue weighted by Crippen LogP contribution is 2.22. The van der Waals surface area contributed by atoms with Gasteiger partial charge in [0.15, 0.2) is 0 Å². The number of hydrogen-bond donors (Lipinski definition) is 1. The van der Waals surface area contributed by atoms with Crippen molar-refractivity contribution in [1.82, 2.24) is 10.2 Å². The molecule has 0 bridgehead atoms. The van der Waals surface area contributed by atoms with Crippen molar-refractivity contribution in [2.75, 3.05) is 32.8 Å². The molecule has 2 aliphatic rings. The van der Waals surface area contributed by atoms with Crippen LogP contribution in [0.15, 0.2) is 0 Å². The summed E-state index contributed by atoms with van der Waals surface area (Å²) in [5.41, 5.74) is 0. The van der Waals surface area contributed by atoms with Crippen LogP contribution in [0.4, 0.5) is 0 Å². The Labute approximate surface area is 119 Å². The molecule has 3 atom stereocenters. The summed E-state index contributed by atoms with van der Waals surface area (Å²) in [7, 11) is 0. The zero-order valence-electron chi connectivity index (χ0n) is 12.9. The Kier molecular flexibility index (Phi) is 6.62. The maximum absolute atomic E-state index is 5.73. The van der Waals surface area contributed by atoms with Crippen molar-refractivity contribution in [3.63, 3.8) is 0 Å². The molecule has 19 heavy (non-hydrogen) atoms. The highest BCUT2D eigenvalue weighted by molar-refractivity contribution is 4.81. The molecular formula is C16H32N2O. The first-order chi connectivity index (χ1) is 9.29. The first kappa shape index (κ1) is 15.3. The van der Waals surface area contributed by atoms with Gasteiger partial charge in [0.2, 0.25) is 0 Å². The number of nitrogens with zero attached hydrogens (tertiary/aromatic N) is 1. The summed E-state index contributed by atoms with van der Waals surface area (Å²) < 4.78 is 5.73. The van der Waals surface area contributed by atoms with Gasteiger partial charge < -0.3 is 15.0 Å². The van der Waals surface area contributed by atoms with E-state index in [-0.39, 0.29) is 0 Å². The molecule has 0 saturated carbocycles. The van der Waals surface area contributed by atoms with Crippen molar-refractivity contribution in [1.29, 1.82) is 0 Å². The van der Waals surface area contributed by atoms with Gasteiger partial charge in [-0.15, -0.1) is 0 Å². The van der Waals surface area contributed by atoms with E-state index in [0.717, 1.165) is 19.1 Å². The minimum atomic E-state index is 0.552. The minimum absolute atomic E-state index is 0.552. The Morgan fingerprint density at radius 3 is 2.95 bits per heavy atom. The van der Waals surface area contributed by atoms with E-state index in [4.69, 9.17) is 4.74 Å². The first-order valence-electron chi connectivity index (χ1n) is 8.37. The van der Waals surface area contributed by atoms with Crippen molar-refractivity contribution in [3.8, 4) is 0 Å². The molecule has 3 unspecified atom stereocenters. The number of nitrogens with one attached hydrogen (secondary N) is 1. The highest BCUT2D eigenvalue weighted by atomic mass is 16.5. The van der Waals surface area contributed by atoms with E-state index in [1.165, 1.54) is 58.2 Å². The van der Waals surface area contributed by atoms with Crippen LogP contribution >= 0.6 is 0 Å². The van der Waals surface area contributed by atoms with Crippen LogP contribution in [0.2, 0.25) is 0 Å². The predicted octanol–water partition coefficient (Wildman–Crippen LogP) is 2.66. The Morgan fingerprint density at radius 1 is 1.32 bits per heavy atom. The van der Waals surface area contributed by atoms with Gasteiger partial charge in [0.1, 0.15) is 0 Å². The average molecular weight is 268 g/mol. The van der Waals surface area contributed by atoms with Gasteiger partial charge in [-0.1, -0.05) is 6.92 Å². The second-order valence-corrected chi connectivity index (χ2v) is 6.37. The largest absolute Gasteiger partial charge is 0.378 e. The van der Waals surface area contributed by atoms with E-state index >= 15 is 0 Å². The second-order valence-electron chi connectivity index (χ2n) is 6.37. The second kappa shape index (κ2) is 8.23. The fraction of sp³-hybridized carbons (Fsp3) is 1.00. The Balaban J connectivity index is 1.67. The first-order valence-corrected chi connectivity index (χ1v) is 8.37. The van der Waals surface area contributed by atoms with Crippen LogP contribution in [-0.2, 0) is 4.74 Å². The molecule has 0 aromatic rings. The van der Waals surface area contributed by atoms with Crippen molar-refractivity contribution >= 4 is 0 Å². The zero-order valence-corrected chi connectivity index (χ0v) is 12.9. The van der Waals surface area contributed by atoms with Crippen LogP contribution in [0.25, 0.3) is 0 Å². The zero-order chi connectivity index (χ0) is 13.5. The Hall–Kier alpha value is -0.120. The fourth-order valence-electron chi connectivity index (χ4n) is 3.44. The van der Waals surface area contributed by atoms with Crippen LogP contribution in [0.1, 0.15) is 52.4 Å². The Morgan fingerprint density at radius 2 is 2.21 bits per heavy atom. The van der Waals surface area contributed by atoms with Gasteiger partial charge in [-0.3, -0.25) is 0 Å². The SMILES string of the molecule is CCCNC(C)C1CCCN(CCC2CCCO2)C1. The lowest BCUT2D eigenvalue weighted by Crippen LogP contribution is -2.45. The highest BCUT2D eigenvalue weighted by Gasteiger charge is 2.25. The molecule has 3 heteroatoms. The summed E-state index contributed by atoms with van der Waals surface area (Å²) in [6.45, 7) is 10.6. The molecule has 0 aliphatic carbocycles. The molecule has 2 heterocycles. The molecule has 2 aliphatic heterocycles. The maximum atomic E-state index is 5.73. The normalized spacial score (nSPS) is 30.6. The van der Waals surface area contributed by atoms with Crippen molar-refractivity contribution in [2.24, 2.45) is 5.92 Å². The third-order valence-electron chi connectivity index (χ3n) is 4.76. The fourth-order valence-corrected chi connectivity index (χ4v) is 3.44. The van der Waals surface area contributed by atoms with E-state index < -0.39 is 0 Å². The van der Waals surface area contributed by atoms with Gasteiger partial charge in [-0.25, -0.2) is 0 Å². The lowest BCUT2D eigenvalue weighted by atomic mass is 9.91. The van der Waals surface area contributed by atoms with Crippen LogP contribution in [-0.4, -0.2) is 49.8 Å². The van der Waals surface area contributed by atoms with E-state index in [1.54, 1.807) is 0 Å². The van der Waals surface area contributed by atoms with Crippen LogP contribution in [0, 0.1) is 5.92 Å². The minimum Gasteiger partial charge on any atom is -0.378 e. The van der Waals surface area contributed by atoms with Gasteiger partial charge in [0.25, 0.3) is 0 Å². The quantitative estimate of drug-likeness (QED) is 0.768. The van der Waals surface area contributed by atoms with Gasteiger partial charge in [0, 0.05) is 25.7 Å². The van der Waals surface area contributed by atoms with Crippen LogP contribution in [0.5, 0.6) is 0 Å². The van der Waals surface area contributed by atoms with E-state index in [0.29, 0.717) is 12.1 Å². The molecular weight excluding hydrogens is 236 g/mol. The molecule has 112 valence electrons. The van der Waals surface area contributed by atoms with Gasteiger partial charge >= 0.3 is 0 Å². The number of hydrogen-bond acceptors (Lipinski definition) is 3. The smallest absolute Gasteiger partial charge is 0.0588 e. The lowest BCUT2D eigenvalue weighted by Gasteiger charge is -2.36. The Bertz CT molecular complexity index is 241. The summed E-state index contributed by atoms with van der Waals surface area (Å²) in [5, 5.41) is 3.67. The summed E-state index contributed by atoms with van der Waals surface area (Å²) in [6.07, 6.45) is 8.35. The van der Waals surface area contributed by atoms with Crippen LogP contribution in [0.3, 0.4) is 0 Å². The van der Waals surface area contributed by atoms with Crippen molar-refractivity contribution < 1.29 is 4.74 Å². The molecule has 0 radical (unpaired) electrons. The predicted molar refractivity (Wildman–Crippen MR) is 80.5 cm³/mol. The van der Waals surface area contributed by atoms with Crippen molar-refractivity contribution in [3.05, 3.63) is 0 Å². The molecule has 0 amide bonds. The molecule has 2 saturated heterocycles. The summed E-state index contributed by atoms with van der Waals surface area (Å²) in [5.74, 6) is 0.838. The van der Waals surface area contributed by atoms with Gasteiger partial charge in [-0.2, -0.15) is 0 Å². The third-order valence-corrected chi connectivity index (χ3v) is 4.76. The van der Waals surface area contributed by atoms with Gasteiger partial charge in [0.05, 0.1) is 6.10 Å². The molecule has 2 fully saturated rings. The third kappa shape index (κ3) is 5.05. The van der Waals surface area contributed by atoms with E-state index in [2.05, 4.69) is 24.1 Å². The monoisotopic (exact) mass is 268 g/mol. The number of ether oxygens (including phenoxy) is 1. The molecule has 0 aromatic heterocycles.